The molecule has 0 aromatic heterocycles. The Labute approximate surface area is 232 Å². The van der Waals surface area contributed by atoms with E-state index in [0.29, 0.717) is 40.4 Å². The lowest BCUT2D eigenvalue weighted by Crippen LogP contribution is -2.43. The number of benzene rings is 2. The van der Waals surface area contributed by atoms with Crippen LogP contribution in [0.25, 0.3) is 5.76 Å². The topological polar surface area (TPSA) is 174 Å². The van der Waals surface area contributed by atoms with Crippen LogP contribution in [0.2, 0.25) is 0 Å². The number of aliphatic hydroxyl groups is 1. The van der Waals surface area contributed by atoms with E-state index in [1.54, 1.807) is 31.2 Å². The van der Waals surface area contributed by atoms with Crippen LogP contribution < -0.4 is 10.3 Å². The summed E-state index contributed by atoms with van der Waals surface area (Å²) in [6.45, 7) is 5.84. The maximum Gasteiger partial charge on any atom is 0.431 e. The Bertz CT molecular complexity index is 1720. The van der Waals surface area contributed by atoms with Gasteiger partial charge in [0, 0.05) is 12.6 Å². The Kier molecular flexibility index (Phi) is 7.51. The van der Waals surface area contributed by atoms with E-state index >= 15 is 0 Å². The van der Waals surface area contributed by atoms with Crippen LogP contribution in [-0.2, 0) is 30.5 Å². The van der Waals surface area contributed by atoms with Crippen molar-refractivity contribution < 1.29 is 36.6 Å². The Hall–Kier alpha value is -4.17. The van der Waals surface area contributed by atoms with Crippen molar-refractivity contribution in [3.63, 3.8) is 0 Å². The van der Waals surface area contributed by atoms with Gasteiger partial charge in [0.1, 0.15) is 16.2 Å². The molecule has 212 valence electrons. The number of nitrogens with zero attached hydrogens (tertiary/aromatic N) is 3. The zero-order chi connectivity index (χ0) is 29.6. The van der Waals surface area contributed by atoms with E-state index in [-0.39, 0.29) is 33.4 Å². The number of amides is 1. The fourth-order valence-electron chi connectivity index (χ4n) is 4.76. The van der Waals surface area contributed by atoms with Crippen LogP contribution in [0.15, 0.2) is 57.3 Å². The minimum Gasteiger partial charge on any atom is -0.506 e. The number of rotatable bonds is 7. The highest BCUT2D eigenvalue weighted by Crippen LogP contribution is 2.44. The number of ketones is 1. The van der Waals surface area contributed by atoms with E-state index in [1.807, 2.05) is 13.8 Å². The molecule has 2 aromatic rings. The molecule has 14 heteroatoms. The van der Waals surface area contributed by atoms with Crippen LogP contribution in [0.3, 0.4) is 0 Å². The molecule has 40 heavy (non-hydrogen) atoms. The molecular weight excluding hydrogens is 560 g/mol. The summed E-state index contributed by atoms with van der Waals surface area (Å²) in [5.41, 5.74) is 0.241. The van der Waals surface area contributed by atoms with Gasteiger partial charge in [-0.25, -0.2) is 4.79 Å². The van der Waals surface area contributed by atoms with Crippen LogP contribution in [0.5, 0.6) is 0 Å². The second-order valence-electron chi connectivity index (χ2n) is 10.1. The average molecular weight is 589 g/mol. The van der Waals surface area contributed by atoms with Gasteiger partial charge in [0.25, 0.3) is 10.0 Å². The van der Waals surface area contributed by atoms with Crippen LogP contribution >= 0.6 is 0 Å². The molecule has 0 saturated heterocycles. The van der Waals surface area contributed by atoms with Crippen molar-refractivity contribution in [1.29, 1.82) is 0 Å². The van der Waals surface area contributed by atoms with Crippen molar-refractivity contribution in [3.05, 3.63) is 59.2 Å². The number of anilines is 2. The fraction of sp³-hybridized carbons (Fsp3) is 0.308. The van der Waals surface area contributed by atoms with Crippen molar-refractivity contribution in [2.24, 2.45) is 10.3 Å². The summed E-state index contributed by atoms with van der Waals surface area (Å²) in [5, 5.41) is 24.7. The zero-order valence-corrected chi connectivity index (χ0v) is 23.7. The normalized spacial score (nSPS) is 19.2. The summed E-state index contributed by atoms with van der Waals surface area (Å²) in [7, 11) is -6.07. The minimum atomic E-state index is -4.45. The van der Waals surface area contributed by atoms with Gasteiger partial charge in [-0.15, -0.1) is 4.40 Å². The van der Waals surface area contributed by atoms with Gasteiger partial charge in [-0.05, 0) is 49.4 Å². The van der Waals surface area contributed by atoms with Crippen LogP contribution in [-0.4, -0.2) is 62.3 Å². The molecule has 12 nitrogen and oxygen atoms in total. The number of hydrogen-bond donors (Lipinski definition) is 3. The predicted molar refractivity (Wildman–Crippen MR) is 150 cm³/mol. The molecule has 0 spiro atoms. The lowest BCUT2D eigenvalue weighted by atomic mass is 9.66. The first kappa shape index (κ1) is 28.8. The Morgan fingerprint density at radius 2 is 1.88 bits per heavy atom. The number of carbonyl (C=O) groups is 2. The molecule has 1 aliphatic heterocycles. The molecule has 4 rings (SSSR count). The molecular formula is C26H28N4O8S2. The number of Topliss-reactive ketones (excluding diaryl/α,β-unsaturated/α-hetero) is 1. The quantitative estimate of drug-likeness (QED) is 0.321. The number of hydrogen-bond acceptors (Lipinski definition) is 9. The largest absolute Gasteiger partial charge is 0.506 e. The zero-order valence-electron chi connectivity index (χ0n) is 22.1. The Morgan fingerprint density at radius 1 is 1.20 bits per heavy atom. The molecule has 3 N–H and O–H groups in total. The first-order valence-electron chi connectivity index (χ1n) is 12.2. The maximum absolute atomic E-state index is 14.0. The number of carbonyl (C=O) groups excluding carboxylic acids is 1. The van der Waals surface area contributed by atoms with Gasteiger partial charge in [-0.1, -0.05) is 38.1 Å². The van der Waals surface area contributed by atoms with Gasteiger partial charge in [0.2, 0.25) is 10.3 Å². The van der Waals surface area contributed by atoms with Gasteiger partial charge in [-0.3, -0.25) is 9.80 Å². The highest BCUT2D eigenvalue weighted by molar-refractivity contribution is 7.90. The highest BCUT2D eigenvalue weighted by atomic mass is 32.2. The lowest BCUT2D eigenvalue weighted by Gasteiger charge is -2.36. The number of nitrogens with one attached hydrogen (secondary N) is 1. The van der Waals surface area contributed by atoms with E-state index in [2.05, 4.69) is 9.71 Å². The number of sulfonamides is 1. The van der Waals surface area contributed by atoms with Gasteiger partial charge in [0.15, 0.2) is 17.1 Å². The van der Waals surface area contributed by atoms with Gasteiger partial charge >= 0.3 is 6.09 Å². The van der Waals surface area contributed by atoms with Crippen molar-refractivity contribution in [3.8, 4) is 0 Å². The molecule has 0 bridgehead atoms. The smallest absolute Gasteiger partial charge is 0.431 e. The van der Waals surface area contributed by atoms with Crippen molar-refractivity contribution in [1.82, 2.24) is 5.01 Å². The van der Waals surface area contributed by atoms with Crippen LogP contribution in [0.4, 0.5) is 16.2 Å². The first-order valence-corrected chi connectivity index (χ1v) is 14.8. The number of amidine groups is 1. The SMILES string of the molecule is CC(C)CCC1(C)C(=O)C(C2=NS(=O)(=O)c3cc(N(C)N(C=S(=O)=O)C(=O)O)ccc3N2)=C(O)c2ccccc21. The monoisotopic (exact) mass is 588 g/mol. The maximum atomic E-state index is 14.0. The van der Waals surface area contributed by atoms with Crippen molar-refractivity contribution in [2.75, 3.05) is 17.4 Å². The summed E-state index contributed by atoms with van der Waals surface area (Å²) in [6, 6.07) is 10.8. The van der Waals surface area contributed by atoms with E-state index in [4.69, 9.17) is 0 Å². The third-order valence-electron chi connectivity index (χ3n) is 6.99. The molecule has 0 fully saturated rings. The van der Waals surface area contributed by atoms with Gasteiger partial charge in [-0.2, -0.15) is 21.8 Å². The fourth-order valence-corrected chi connectivity index (χ4v) is 6.30. The first-order chi connectivity index (χ1) is 18.7. The molecule has 1 aliphatic carbocycles. The summed E-state index contributed by atoms with van der Waals surface area (Å²) < 4.78 is 52.6. The van der Waals surface area contributed by atoms with Gasteiger partial charge in [0.05, 0.1) is 16.8 Å². The third-order valence-corrected chi connectivity index (χ3v) is 8.67. The number of aliphatic hydroxyl groups excluding tert-OH is 1. The molecule has 1 unspecified atom stereocenters. The minimum absolute atomic E-state index is 0.0258. The average Bonchev–Trinajstić information content (AvgIpc) is 2.88. The van der Waals surface area contributed by atoms with E-state index in [0.717, 1.165) is 11.1 Å². The molecule has 2 aromatic carbocycles. The Morgan fingerprint density at radius 3 is 2.50 bits per heavy atom. The molecule has 0 radical (unpaired) electrons. The second kappa shape index (κ2) is 10.4. The molecule has 2 aliphatic rings. The van der Waals surface area contributed by atoms with Crippen LogP contribution in [0.1, 0.15) is 44.7 Å². The molecule has 0 saturated carbocycles. The third kappa shape index (κ3) is 5.07. The van der Waals surface area contributed by atoms with E-state index in [9.17, 15) is 36.6 Å². The highest BCUT2D eigenvalue weighted by Gasteiger charge is 2.46. The number of carboxylic acid groups (broad SMARTS) is 1. The van der Waals surface area contributed by atoms with Crippen LogP contribution in [0, 0.1) is 5.92 Å². The second-order valence-corrected chi connectivity index (χ2v) is 12.4. The van der Waals surface area contributed by atoms with E-state index in [1.165, 1.54) is 19.2 Å². The van der Waals surface area contributed by atoms with Crippen molar-refractivity contribution in [2.45, 2.75) is 43.9 Å². The summed E-state index contributed by atoms with van der Waals surface area (Å²) in [6.07, 6.45) is -0.439. The predicted octanol–water partition coefficient (Wildman–Crippen LogP) is 3.42. The standard InChI is InChI=1S/C26H28N4O8S2/c1-15(2)11-12-26(3)18-8-6-5-7-17(18)22(31)21(23(26)32)24-27-19-10-9-16(13-20(19)40(37,38)28-24)29(4)30(25(33)34)14-39(35)36/h5-10,13-15,31H,11-12H2,1-4H3,(H,27,28)(H,33,34). The molecule has 1 atom stereocenters. The summed E-state index contributed by atoms with van der Waals surface area (Å²) >= 11 is 0. The summed E-state index contributed by atoms with van der Waals surface area (Å²) in [4.78, 5) is 25.2. The number of fused-ring (bicyclic) bond motifs is 2. The Balaban J connectivity index is 1.81. The lowest BCUT2D eigenvalue weighted by molar-refractivity contribution is -0.120. The molecule has 1 amide bonds. The number of hydrazine groups is 1. The van der Waals surface area contributed by atoms with Crippen molar-refractivity contribution >= 4 is 60.7 Å². The van der Waals surface area contributed by atoms with E-state index < -0.39 is 37.6 Å². The van der Waals surface area contributed by atoms with Gasteiger partial charge < -0.3 is 15.5 Å². The molecule has 1 heterocycles. The summed E-state index contributed by atoms with van der Waals surface area (Å²) in [5.74, 6) is -0.887.